The summed E-state index contributed by atoms with van der Waals surface area (Å²) in [7, 11) is 1.67. The van der Waals surface area contributed by atoms with E-state index in [1.54, 1.807) is 7.11 Å². The lowest BCUT2D eigenvalue weighted by molar-refractivity contribution is 0.263. The molecule has 0 spiro atoms. The van der Waals surface area contributed by atoms with Crippen molar-refractivity contribution >= 4 is 0 Å². The van der Waals surface area contributed by atoms with Crippen LogP contribution in [0, 0.1) is 0 Å². The molecule has 2 aromatic rings. The zero-order chi connectivity index (χ0) is 14.9. The van der Waals surface area contributed by atoms with Gasteiger partial charge in [0.2, 0.25) is 0 Å². The zero-order valence-corrected chi connectivity index (χ0v) is 12.5. The second-order valence-electron chi connectivity index (χ2n) is 5.13. The van der Waals surface area contributed by atoms with Gasteiger partial charge in [-0.15, -0.1) is 0 Å². The van der Waals surface area contributed by atoms with Crippen LogP contribution in [0.15, 0.2) is 54.6 Å². The van der Waals surface area contributed by atoms with Crippen LogP contribution in [0.25, 0.3) is 0 Å². The maximum atomic E-state index is 9.22. The summed E-state index contributed by atoms with van der Waals surface area (Å²) in [6.07, 6.45) is 1.68. The second-order valence-corrected chi connectivity index (χ2v) is 5.13. The molecular weight excluding hydrogens is 262 g/mol. The molecule has 0 unspecified atom stereocenters. The average Bonchev–Trinajstić information content (AvgIpc) is 2.54. The van der Waals surface area contributed by atoms with Gasteiger partial charge in [0.15, 0.2) is 0 Å². The molecule has 112 valence electrons. The van der Waals surface area contributed by atoms with E-state index in [1.165, 1.54) is 11.1 Å². The molecule has 0 saturated carbocycles. The highest BCUT2D eigenvalue weighted by Crippen LogP contribution is 2.12. The minimum Gasteiger partial charge on any atom is -0.497 e. The number of hydrogen-bond acceptors (Lipinski definition) is 3. The molecule has 2 aromatic carbocycles. The van der Waals surface area contributed by atoms with Crippen molar-refractivity contribution in [2.75, 3.05) is 13.7 Å². The number of aliphatic hydroxyl groups excluding tert-OH is 1. The number of nitrogens with one attached hydrogen (secondary N) is 1. The minimum absolute atomic E-state index is 0.202. The van der Waals surface area contributed by atoms with Gasteiger partial charge in [-0.1, -0.05) is 42.5 Å². The molecule has 1 atom stereocenters. The predicted molar refractivity (Wildman–Crippen MR) is 85.5 cm³/mol. The number of hydrogen-bond donors (Lipinski definition) is 2. The van der Waals surface area contributed by atoms with Gasteiger partial charge in [-0.05, 0) is 36.1 Å². The SMILES string of the molecule is COc1ccc(CN[C@H](CCO)Cc2ccccc2)cc1. The first-order valence-corrected chi connectivity index (χ1v) is 7.33. The zero-order valence-electron chi connectivity index (χ0n) is 12.5. The summed E-state index contributed by atoms with van der Waals surface area (Å²) in [6.45, 7) is 0.995. The molecule has 3 heteroatoms. The summed E-state index contributed by atoms with van der Waals surface area (Å²) >= 11 is 0. The Hall–Kier alpha value is -1.84. The number of rotatable bonds is 8. The summed E-state index contributed by atoms with van der Waals surface area (Å²) in [5.74, 6) is 0.870. The molecule has 2 rings (SSSR count). The Morgan fingerprint density at radius 2 is 1.71 bits per heavy atom. The number of aliphatic hydroxyl groups is 1. The highest BCUT2D eigenvalue weighted by Gasteiger charge is 2.08. The first-order valence-electron chi connectivity index (χ1n) is 7.33. The summed E-state index contributed by atoms with van der Waals surface area (Å²) in [5, 5.41) is 12.7. The van der Waals surface area contributed by atoms with Gasteiger partial charge < -0.3 is 15.2 Å². The molecule has 2 N–H and O–H groups in total. The number of benzene rings is 2. The van der Waals surface area contributed by atoms with Gasteiger partial charge >= 0.3 is 0 Å². The Kier molecular flexibility index (Phi) is 6.25. The summed E-state index contributed by atoms with van der Waals surface area (Å²) in [4.78, 5) is 0. The van der Waals surface area contributed by atoms with Gasteiger partial charge in [0.25, 0.3) is 0 Å². The molecule has 0 aliphatic heterocycles. The van der Waals surface area contributed by atoms with Gasteiger partial charge in [-0.25, -0.2) is 0 Å². The van der Waals surface area contributed by atoms with Crippen LogP contribution in [0.4, 0.5) is 0 Å². The predicted octanol–water partition coefficient (Wildman–Crippen LogP) is 2.78. The Bertz CT molecular complexity index is 511. The summed E-state index contributed by atoms with van der Waals surface area (Å²) in [6, 6.07) is 18.7. The maximum absolute atomic E-state index is 9.22. The van der Waals surface area contributed by atoms with Crippen LogP contribution in [0.5, 0.6) is 5.75 Å². The fourth-order valence-corrected chi connectivity index (χ4v) is 2.34. The number of ether oxygens (including phenoxy) is 1. The van der Waals surface area contributed by atoms with E-state index in [9.17, 15) is 5.11 Å². The molecule has 0 aromatic heterocycles. The minimum atomic E-state index is 0.202. The maximum Gasteiger partial charge on any atom is 0.118 e. The van der Waals surface area contributed by atoms with Crippen molar-refractivity contribution in [2.24, 2.45) is 0 Å². The van der Waals surface area contributed by atoms with Gasteiger partial charge in [0, 0.05) is 19.2 Å². The van der Waals surface area contributed by atoms with Crippen LogP contribution in [0.1, 0.15) is 17.5 Å². The summed E-state index contributed by atoms with van der Waals surface area (Å²) in [5.41, 5.74) is 2.50. The first kappa shape index (κ1) is 15.5. The third-order valence-corrected chi connectivity index (χ3v) is 3.56. The molecule has 0 fully saturated rings. The smallest absolute Gasteiger partial charge is 0.118 e. The molecular formula is C18H23NO2. The van der Waals surface area contributed by atoms with Crippen LogP contribution in [-0.2, 0) is 13.0 Å². The van der Waals surface area contributed by atoms with Crippen molar-refractivity contribution in [3.63, 3.8) is 0 Å². The molecule has 0 bridgehead atoms. The summed E-state index contributed by atoms with van der Waals surface area (Å²) < 4.78 is 5.16. The van der Waals surface area contributed by atoms with E-state index in [2.05, 4.69) is 41.7 Å². The van der Waals surface area contributed by atoms with E-state index < -0.39 is 0 Å². The lowest BCUT2D eigenvalue weighted by atomic mass is 10.0. The van der Waals surface area contributed by atoms with E-state index in [-0.39, 0.29) is 12.6 Å². The van der Waals surface area contributed by atoms with Crippen LogP contribution < -0.4 is 10.1 Å². The lowest BCUT2D eigenvalue weighted by Crippen LogP contribution is -2.31. The molecule has 21 heavy (non-hydrogen) atoms. The van der Waals surface area contributed by atoms with E-state index in [0.29, 0.717) is 0 Å². The van der Waals surface area contributed by atoms with Crippen molar-refractivity contribution in [1.29, 1.82) is 0 Å². The van der Waals surface area contributed by atoms with E-state index >= 15 is 0 Å². The van der Waals surface area contributed by atoms with Gasteiger partial charge in [0.05, 0.1) is 7.11 Å². The van der Waals surface area contributed by atoms with Crippen molar-refractivity contribution < 1.29 is 9.84 Å². The molecule has 0 aliphatic carbocycles. The molecule has 0 radical (unpaired) electrons. The van der Waals surface area contributed by atoms with Crippen molar-refractivity contribution in [2.45, 2.75) is 25.4 Å². The van der Waals surface area contributed by atoms with Crippen LogP contribution in [-0.4, -0.2) is 24.9 Å². The first-order chi connectivity index (χ1) is 10.3. The second kappa shape index (κ2) is 8.45. The van der Waals surface area contributed by atoms with Crippen LogP contribution in [0.2, 0.25) is 0 Å². The van der Waals surface area contributed by atoms with E-state index in [4.69, 9.17) is 4.74 Å². The van der Waals surface area contributed by atoms with Gasteiger partial charge in [-0.2, -0.15) is 0 Å². The Balaban J connectivity index is 1.89. The highest BCUT2D eigenvalue weighted by molar-refractivity contribution is 5.27. The van der Waals surface area contributed by atoms with Crippen LogP contribution >= 0.6 is 0 Å². The Labute approximate surface area is 126 Å². The quantitative estimate of drug-likeness (QED) is 0.783. The van der Waals surface area contributed by atoms with E-state index in [1.807, 2.05) is 18.2 Å². The molecule has 3 nitrogen and oxygen atoms in total. The van der Waals surface area contributed by atoms with E-state index in [0.717, 1.165) is 25.1 Å². The third-order valence-electron chi connectivity index (χ3n) is 3.56. The molecule has 0 aliphatic rings. The largest absolute Gasteiger partial charge is 0.497 e. The van der Waals surface area contributed by atoms with Crippen molar-refractivity contribution in [3.8, 4) is 5.75 Å². The number of methoxy groups -OCH3 is 1. The van der Waals surface area contributed by atoms with Gasteiger partial charge in [0.1, 0.15) is 5.75 Å². The molecule has 0 heterocycles. The fraction of sp³-hybridized carbons (Fsp3) is 0.333. The third kappa shape index (κ3) is 5.21. The topological polar surface area (TPSA) is 41.5 Å². The van der Waals surface area contributed by atoms with Crippen molar-refractivity contribution in [3.05, 3.63) is 65.7 Å². The van der Waals surface area contributed by atoms with Crippen molar-refractivity contribution in [1.82, 2.24) is 5.32 Å². The lowest BCUT2D eigenvalue weighted by Gasteiger charge is -2.18. The Morgan fingerprint density at radius 1 is 1.00 bits per heavy atom. The standard InChI is InChI=1S/C18H23NO2/c1-21-18-9-7-16(8-10-18)14-19-17(11-12-20)13-15-5-3-2-4-6-15/h2-10,17,19-20H,11-14H2,1H3/t17-/m1/s1. The normalized spacial score (nSPS) is 12.1. The van der Waals surface area contributed by atoms with Gasteiger partial charge in [-0.3, -0.25) is 0 Å². The highest BCUT2D eigenvalue weighted by atomic mass is 16.5. The fourth-order valence-electron chi connectivity index (χ4n) is 2.34. The molecule has 0 amide bonds. The average molecular weight is 285 g/mol. The Morgan fingerprint density at radius 3 is 2.33 bits per heavy atom. The monoisotopic (exact) mass is 285 g/mol. The van der Waals surface area contributed by atoms with Crippen LogP contribution in [0.3, 0.4) is 0 Å². The molecule has 0 saturated heterocycles.